The van der Waals surface area contributed by atoms with Crippen molar-refractivity contribution in [2.75, 3.05) is 26.2 Å². The molecule has 1 aromatic heterocycles. The first-order valence-corrected chi connectivity index (χ1v) is 10.0. The first-order chi connectivity index (χ1) is 14.1. The molecular weight excluding hydrogens is 366 g/mol. The van der Waals surface area contributed by atoms with Crippen LogP contribution in [0, 0.1) is 0 Å². The zero-order chi connectivity index (χ0) is 20.8. The smallest absolute Gasteiger partial charge is 0.295 e. The molecule has 6 heteroatoms. The summed E-state index contributed by atoms with van der Waals surface area (Å²) in [5.74, 6) is -1.37. The molecule has 3 rings (SSSR count). The van der Waals surface area contributed by atoms with Gasteiger partial charge < -0.3 is 14.9 Å². The van der Waals surface area contributed by atoms with E-state index in [1.165, 1.54) is 0 Å². The highest BCUT2D eigenvalue weighted by molar-refractivity contribution is 6.46. The van der Waals surface area contributed by atoms with Crippen LogP contribution in [-0.2, 0) is 9.59 Å². The van der Waals surface area contributed by atoms with E-state index in [2.05, 4.69) is 23.7 Å². The number of ketones is 1. The maximum atomic E-state index is 12.9. The van der Waals surface area contributed by atoms with Crippen molar-refractivity contribution in [1.82, 2.24) is 14.8 Å². The average Bonchev–Trinajstić information content (AvgIpc) is 3.02. The highest BCUT2D eigenvalue weighted by Gasteiger charge is 2.45. The van der Waals surface area contributed by atoms with Crippen molar-refractivity contribution in [3.63, 3.8) is 0 Å². The number of amides is 1. The lowest BCUT2D eigenvalue weighted by molar-refractivity contribution is -0.140. The quantitative estimate of drug-likeness (QED) is 0.423. The molecule has 0 bridgehead atoms. The molecule has 152 valence electrons. The van der Waals surface area contributed by atoms with Gasteiger partial charge in [-0.2, -0.15) is 0 Å². The van der Waals surface area contributed by atoms with Crippen molar-refractivity contribution in [2.24, 2.45) is 0 Å². The van der Waals surface area contributed by atoms with Crippen LogP contribution in [0.4, 0.5) is 0 Å². The summed E-state index contributed by atoms with van der Waals surface area (Å²) in [6, 6.07) is 11.8. The fraction of sp³-hybridized carbons (Fsp3) is 0.348. The second-order valence-corrected chi connectivity index (χ2v) is 7.03. The van der Waals surface area contributed by atoms with Gasteiger partial charge in [0, 0.05) is 24.5 Å². The van der Waals surface area contributed by atoms with Crippen molar-refractivity contribution in [1.29, 1.82) is 0 Å². The van der Waals surface area contributed by atoms with Crippen LogP contribution >= 0.6 is 0 Å². The third-order valence-corrected chi connectivity index (χ3v) is 5.36. The molecule has 1 saturated heterocycles. The zero-order valence-electron chi connectivity index (χ0n) is 16.9. The number of benzene rings is 1. The second kappa shape index (κ2) is 9.47. The van der Waals surface area contributed by atoms with Gasteiger partial charge in [-0.1, -0.05) is 50.2 Å². The molecule has 1 amide bonds. The fourth-order valence-corrected chi connectivity index (χ4v) is 3.75. The number of rotatable bonds is 8. The number of aromatic nitrogens is 1. The predicted octanol–water partition coefficient (Wildman–Crippen LogP) is 3.24. The fourth-order valence-electron chi connectivity index (χ4n) is 3.75. The Balaban J connectivity index is 1.98. The summed E-state index contributed by atoms with van der Waals surface area (Å²) in [5.41, 5.74) is 1.35. The molecule has 1 aliphatic rings. The normalized spacial score (nSPS) is 18.6. The molecule has 1 fully saturated rings. The van der Waals surface area contributed by atoms with E-state index in [4.69, 9.17) is 0 Å². The van der Waals surface area contributed by atoms with E-state index in [0.29, 0.717) is 17.7 Å². The van der Waals surface area contributed by atoms with E-state index in [1.54, 1.807) is 47.6 Å². The largest absolute Gasteiger partial charge is 0.507 e. The van der Waals surface area contributed by atoms with E-state index >= 15 is 0 Å². The van der Waals surface area contributed by atoms with Gasteiger partial charge in [0.05, 0.1) is 11.6 Å². The highest BCUT2D eigenvalue weighted by Crippen LogP contribution is 2.39. The zero-order valence-corrected chi connectivity index (χ0v) is 16.9. The minimum atomic E-state index is -0.650. The summed E-state index contributed by atoms with van der Waals surface area (Å²) in [7, 11) is 0. The molecule has 1 aliphatic heterocycles. The van der Waals surface area contributed by atoms with Gasteiger partial charge >= 0.3 is 0 Å². The lowest BCUT2D eigenvalue weighted by Crippen LogP contribution is -2.33. The van der Waals surface area contributed by atoms with Gasteiger partial charge in [-0.3, -0.25) is 14.6 Å². The first kappa shape index (κ1) is 20.7. The second-order valence-electron chi connectivity index (χ2n) is 7.03. The lowest BCUT2D eigenvalue weighted by atomic mass is 9.96. The Morgan fingerprint density at radius 2 is 1.83 bits per heavy atom. The molecule has 6 nitrogen and oxygen atoms in total. The van der Waals surface area contributed by atoms with E-state index in [-0.39, 0.29) is 11.3 Å². The van der Waals surface area contributed by atoms with E-state index in [1.807, 2.05) is 12.1 Å². The van der Waals surface area contributed by atoms with Gasteiger partial charge in [0.1, 0.15) is 5.76 Å². The van der Waals surface area contributed by atoms with Gasteiger partial charge in [-0.15, -0.1) is 0 Å². The van der Waals surface area contributed by atoms with Crippen LogP contribution < -0.4 is 0 Å². The third kappa shape index (κ3) is 4.38. The van der Waals surface area contributed by atoms with E-state index in [0.717, 1.165) is 26.1 Å². The molecular formula is C23H27N3O3. The number of carbonyl (C=O) groups is 2. The molecule has 0 radical (unpaired) electrons. The van der Waals surface area contributed by atoms with Crippen LogP contribution in [0.3, 0.4) is 0 Å². The van der Waals surface area contributed by atoms with Crippen molar-refractivity contribution in [2.45, 2.75) is 26.3 Å². The summed E-state index contributed by atoms with van der Waals surface area (Å²) in [5, 5.41) is 10.9. The molecule has 1 atom stereocenters. The third-order valence-electron chi connectivity index (χ3n) is 5.36. The molecule has 0 spiro atoms. The number of hydrogen-bond donors (Lipinski definition) is 1. The Kier molecular flexibility index (Phi) is 6.77. The SMILES string of the molecule is CCN(CC)CCCN1C(=O)C(=O)C(=C(O)c2ccccc2)[C@@H]1c1cccnc1. The Morgan fingerprint density at radius 1 is 1.10 bits per heavy atom. The van der Waals surface area contributed by atoms with Gasteiger partial charge in [0.25, 0.3) is 11.7 Å². The summed E-state index contributed by atoms with van der Waals surface area (Å²) >= 11 is 0. The summed E-state index contributed by atoms with van der Waals surface area (Å²) < 4.78 is 0. The molecule has 29 heavy (non-hydrogen) atoms. The molecule has 0 unspecified atom stereocenters. The van der Waals surface area contributed by atoms with Crippen LogP contribution in [0.2, 0.25) is 0 Å². The lowest BCUT2D eigenvalue weighted by Gasteiger charge is -2.26. The summed E-state index contributed by atoms with van der Waals surface area (Å²) in [6.45, 7) is 7.36. The molecule has 1 N–H and O–H groups in total. The number of likely N-dealkylation sites (tertiary alicyclic amines) is 1. The number of nitrogens with zero attached hydrogens (tertiary/aromatic N) is 3. The minimum Gasteiger partial charge on any atom is -0.507 e. The van der Waals surface area contributed by atoms with Crippen molar-refractivity contribution >= 4 is 17.4 Å². The molecule has 2 heterocycles. The summed E-state index contributed by atoms with van der Waals surface area (Å²) in [4.78, 5) is 33.7. The maximum Gasteiger partial charge on any atom is 0.295 e. The van der Waals surface area contributed by atoms with Gasteiger partial charge in [-0.25, -0.2) is 0 Å². The Morgan fingerprint density at radius 3 is 2.45 bits per heavy atom. The Hall–Kier alpha value is -2.99. The standard InChI is InChI=1S/C23H27N3O3/c1-3-25(4-2)14-9-15-26-20(18-12-8-13-24-16-18)19(22(28)23(26)29)21(27)17-10-6-5-7-11-17/h5-8,10-13,16,20,27H,3-4,9,14-15H2,1-2H3/t20-/m0/s1. The minimum absolute atomic E-state index is 0.122. The number of aliphatic hydroxyl groups is 1. The Bertz CT molecular complexity index is 877. The first-order valence-electron chi connectivity index (χ1n) is 10.0. The van der Waals surface area contributed by atoms with Crippen LogP contribution in [-0.4, -0.2) is 57.8 Å². The molecule has 0 aliphatic carbocycles. The van der Waals surface area contributed by atoms with Crippen molar-refractivity contribution < 1.29 is 14.7 Å². The van der Waals surface area contributed by atoms with Crippen LogP contribution in [0.15, 0.2) is 60.4 Å². The van der Waals surface area contributed by atoms with Crippen LogP contribution in [0.1, 0.15) is 37.4 Å². The Labute approximate surface area is 171 Å². The van der Waals surface area contributed by atoms with E-state index < -0.39 is 17.7 Å². The number of hydrogen-bond acceptors (Lipinski definition) is 5. The number of pyridine rings is 1. The molecule has 2 aromatic rings. The number of carbonyl (C=O) groups excluding carboxylic acids is 2. The van der Waals surface area contributed by atoms with Crippen molar-refractivity contribution in [3.05, 3.63) is 71.6 Å². The van der Waals surface area contributed by atoms with Crippen molar-refractivity contribution in [3.8, 4) is 0 Å². The van der Waals surface area contributed by atoms with Gasteiger partial charge in [-0.05, 0) is 37.7 Å². The van der Waals surface area contributed by atoms with E-state index in [9.17, 15) is 14.7 Å². The highest BCUT2D eigenvalue weighted by atomic mass is 16.3. The molecule has 1 aromatic carbocycles. The molecule has 0 saturated carbocycles. The number of Topliss-reactive ketones (excluding diaryl/α,β-unsaturated/α-hetero) is 1. The monoisotopic (exact) mass is 393 g/mol. The summed E-state index contributed by atoms with van der Waals surface area (Å²) in [6.07, 6.45) is 4.04. The van der Waals surface area contributed by atoms with Gasteiger partial charge in [0.15, 0.2) is 0 Å². The topological polar surface area (TPSA) is 73.7 Å². The average molecular weight is 393 g/mol. The van der Waals surface area contributed by atoms with Crippen LogP contribution in [0.25, 0.3) is 5.76 Å². The maximum absolute atomic E-state index is 12.9. The van der Waals surface area contributed by atoms with Crippen LogP contribution in [0.5, 0.6) is 0 Å². The number of aliphatic hydroxyl groups excluding tert-OH is 1. The van der Waals surface area contributed by atoms with Gasteiger partial charge in [0.2, 0.25) is 0 Å². The predicted molar refractivity (Wildman–Crippen MR) is 112 cm³/mol.